The topological polar surface area (TPSA) is 79.6 Å². The van der Waals surface area contributed by atoms with Gasteiger partial charge in [0.1, 0.15) is 12.4 Å². The molecule has 182 valence electrons. The third-order valence-electron chi connectivity index (χ3n) is 5.27. The van der Waals surface area contributed by atoms with Crippen LogP contribution in [0.3, 0.4) is 0 Å². The van der Waals surface area contributed by atoms with E-state index in [0.717, 1.165) is 25.8 Å². The minimum absolute atomic E-state index is 0.0314. The first kappa shape index (κ1) is 25.7. The van der Waals surface area contributed by atoms with E-state index in [0.29, 0.717) is 34.8 Å². The Morgan fingerprint density at radius 1 is 1.11 bits per heavy atom. The monoisotopic (exact) mass is 614 g/mol. The van der Waals surface area contributed by atoms with E-state index >= 15 is 0 Å². The van der Waals surface area contributed by atoms with Gasteiger partial charge in [-0.1, -0.05) is 30.3 Å². The average Bonchev–Trinajstić information content (AvgIpc) is 3.12. The standard InChI is InChI=1S/C27H20FIN2O4S/c1-2-34-23-12-18(11-22(29)25(23)35-16-17-7-9-21(28)10-8-17)13-24-26(32)31(27(33)36-24)15-20-6-4-3-5-19(20)14-30/h3-13H,2,15-16H2,1H3/b24-13+. The molecule has 36 heavy (non-hydrogen) atoms. The lowest BCUT2D eigenvalue weighted by atomic mass is 10.1. The van der Waals surface area contributed by atoms with Crippen molar-refractivity contribution >= 4 is 51.6 Å². The first-order valence-corrected chi connectivity index (χ1v) is 12.9. The summed E-state index contributed by atoms with van der Waals surface area (Å²) in [4.78, 5) is 27.0. The number of rotatable bonds is 8. The highest BCUT2D eigenvalue weighted by molar-refractivity contribution is 14.1. The summed E-state index contributed by atoms with van der Waals surface area (Å²) in [7, 11) is 0. The van der Waals surface area contributed by atoms with Gasteiger partial charge in [-0.05, 0) is 94.4 Å². The van der Waals surface area contributed by atoms with Crippen molar-refractivity contribution < 1.29 is 23.5 Å². The van der Waals surface area contributed by atoms with Crippen molar-refractivity contribution in [3.63, 3.8) is 0 Å². The van der Waals surface area contributed by atoms with E-state index in [2.05, 4.69) is 28.7 Å². The third kappa shape index (κ3) is 5.88. The van der Waals surface area contributed by atoms with E-state index in [4.69, 9.17) is 9.47 Å². The number of hydrogen-bond acceptors (Lipinski definition) is 6. The highest BCUT2D eigenvalue weighted by Gasteiger charge is 2.35. The number of benzene rings is 3. The Bertz CT molecular complexity index is 1390. The minimum Gasteiger partial charge on any atom is -0.490 e. The summed E-state index contributed by atoms with van der Waals surface area (Å²) in [5.74, 6) is 0.314. The number of ether oxygens (including phenoxy) is 2. The molecule has 0 saturated carbocycles. The van der Waals surface area contributed by atoms with Gasteiger partial charge in [-0.2, -0.15) is 5.26 Å². The van der Waals surface area contributed by atoms with Gasteiger partial charge in [0.05, 0.1) is 33.3 Å². The summed E-state index contributed by atoms with van der Waals surface area (Å²) in [5, 5.41) is 8.92. The summed E-state index contributed by atoms with van der Waals surface area (Å²) >= 11 is 2.99. The molecule has 1 aliphatic heterocycles. The number of halogens is 2. The first-order valence-electron chi connectivity index (χ1n) is 11.0. The van der Waals surface area contributed by atoms with Crippen molar-refractivity contribution in [2.45, 2.75) is 20.1 Å². The van der Waals surface area contributed by atoms with Crippen LogP contribution in [0.1, 0.15) is 29.2 Å². The lowest BCUT2D eigenvalue weighted by Crippen LogP contribution is -2.27. The van der Waals surface area contributed by atoms with Gasteiger partial charge < -0.3 is 9.47 Å². The van der Waals surface area contributed by atoms with Crippen LogP contribution in [-0.4, -0.2) is 22.7 Å². The summed E-state index contributed by atoms with van der Waals surface area (Å²) in [6.45, 7) is 2.53. The van der Waals surface area contributed by atoms with Crippen LogP contribution in [0.2, 0.25) is 0 Å². The zero-order chi connectivity index (χ0) is 25.7. The second kappa shape index (κ2) is 11.6. The zero-order valence-electron chi connectivity index (χ0n) is 19.2. The van der Waals surface area contributed by atoms with Gasteiger partial charge >= 0.3 is 0 Å². The molecular weight excluding hydrogens is 594 g/mol. The predicted octanol–water partition coefficient (Wildman–Crippen LogP) is 6.52. The largest absolute Gasteiger partial charge is 0.490 e. The van der Waals surface area contributed by atoms with Crippen LogP contribution in [-0.2, 0) is 17.9 Å². The SMILES string of the molecule is CCOc1cc(/C=C2/SC(=O)N(Cc3ccccc3C#N)C2=O)cc(I)c1OCc1ccc(F)cc1. The number of carbonyl (C=O) groups is 2. The van der Waals surface area contributed by atoms with Crippen molar-refractivity contribution in [1.29, 1.82) is 5.26 Å². The van der Waals surface area contributed by atoms with Gasteiger partial charge in [0, 0.05) is 0 Å². The fourth-order valence-corrected chi connectivity index (χ4v) is 5.16. The van der Waals surface area contributed by atoms with Gasteiger partial charge in [0.15, 0.2) is 11.5 Å². The fourth-order valence-electron chi connectivity index (χ4n) is 3.54. The molecule has 3 aromatic carbocycles. The van der Waals surface area contributed by atoms with E-state index < -0.39 is 11.1 Å². The third-order valence-corrected chi connectivity index (χ3v) is 6.97. The summed E-state index contributed by atoms with van der Waals surface area (Å²) in [6, 6.07) is 18.6. The Hall–Kier alpha value is -3.36. The first-order chi connectivity index (χ1) is 17.4. The van der Waals surface area contributed by atoms with Gasteiger partial charge in [-0.25, -0.2) is 4.39 Å². The lowest BCUT2D eigenvalue weighted by Gasteiger charge is -2.15. The van der Waals surface area contributed by atoms with E-state index in [-0.39, 0.29) is 23.9 Å². The molecule has 0 aromatic heterocycles. The molecule has 0 N–H and O–H groups in total. The van der Waals surface area contributed by atoms with E-state index in [9.17, 15) is 19.2 Å². The van der Waals surface area contributed by atoms with Gasteiger partial charge in [0.2, 0.25) is 0 Å². The molecule has 0 aliphatic carbocycles. The highest BCUT2D eigenvalue weighted by atomic mass is 127. The molecular formula is C27H20FIN2O4S. The summed E-state index contributed by atoms with van der Waals surface area (Å²) in [6.07, 6.45) is 1.65. The van der Waals surface area contributed by atoms with Crippen molar-refractivity contribution in [3.05, 3.63) is 97.2 Å². The highest BCUT2D eigenvalue weighted by Crippen LogP contribution is 2.38. The van der Waals surface area contributed by atoms with Crippen molar-refractivity contribution in [2.75, 3.05) is 6.61 Å². The Labute approximate surface area is 225 Å². The van der Waals surface area contributed by atoms with E-state index in [1.807, 2.05) is 13.0 Å². The molecule has 3 aromatic rings. The summed E-state index contributed by atoms with van der Waals surface area (Å²) < 4.78 is 25.7. The Kier molecular flexibility index (Phi) is 8.28. The maximum absolute atomic E-state index is 13.2. The van der Waals surface area contributed by atoms with Crippen molar-refractivity contribution in [1.82, 2.24) is 4.90 Å². The molecule has 0 bridgehead atoms. The van der Waals surface area contributed by atoms with Crippen LogP contribution in [0.25, 0.3) is 6.08 Å². The van der Waals surface area contributed by atoms with Gasteiger partial charge in [0.25, 0.3) is 11.1 Å². The number of carbonyl (C=O) groups excluding carboxylic acids is 2. The maximum atomic E-state index is 13.2. The fraction of sp³-hybridized carbons (Fsp3) is 0.148. The molecule has 1 fully saturated rings. The molecule has 9 heteroatoms. The predicted molar refractivity (Wildman–Crippen MR) is 144 cm³/mol. The minimum atomic E-state index is -0.414. The smallest absolute Gasteiger partial charge is 0.293 e. The Balaban J connectivity index is 1.56. The van der Waals surface area contributed by atoms with Crippen molar-refractivity contribution in [2.24, 2.45) is 0 Å². The molecule has 1 heterocycles. The average molecular weight is 614 g/mol. The molecule has 0 radical (unpaired) electrons. The van der Waals surface area contributed by atoms with Crippen LogP contribution in [0.15, 0.2) is 65.6 Å². The lowest BCUT2D eigenvalue weighted by molar-refractivity contribution is -0.123. The molecule has 0 spiro atoms. The number of imide groups is 1. The van der Waals surface area contributed by atoms with E-state index in [1.165, 1.54) is 12.1 Å². The zero-order valence-corrected chi connectivity index (χ0v) is 22.1. The summed E-state index contributed by atoms with van der Waals surface area (Å²) in [5.41, 5.74) is 2.53. The van der Waals surface area contributed by atoms with Crippen LogP contribution in [0, 0.1) is 20.7 Å². The molecule has 1 saturated heterocycles. The van der Waals surface area contributed by atoms with Crippen LogP contribution in [0.4, 0.5) is 9.18 Å². The molecule has 1 aliphatic rings. The molecule has 0 unspecified atom stereocenters. The van der Waals surface area contributed by atoms with Crippen LogP contribution >= 0.6 is 34.4 Å². The van der Waals surface area contributed by atoms with Gasteiger partial charge in [-0.15, -0.1) is 0 Å². The number of nitrogens with zero attached hydrogens (tertiary/aromatic N) is 2. The number of thioether (sulfide) groups is 1. The number of amides is 2. The van der Waals surface area contributed by atoms with Crippen LogP contribution in [0.5, 0.6) is 11.5 Å². The second-order valence-electron chi connectivity index (χ2n) is 7.71. The second-order valence-corrected chi connectivity index (χ2v) is 9.87. The molecule has 6 nitrogen and oxygen atoms in total. The molecule has 4 rings (SSSR count). The number of hydrogen-bond donors (Lipinski definition) is 0. The van der Waals surface area contributed by atoms with Crippen LogP contribution < -0.4 is 9.47 Å². The number of nitriles is 1. The normalized spacial score (nSPS) is 14.3. The van der Waals surface area contributed by atoms with E-state index in [1.54, 1.807) is 48.5 Å². The maximum Gasteiger partial charge on any atom is 0.293 e. The molecule has 2 amide bonds. The van der Waals surface area contributed by atoms with Gasteiger partial charge in [-0.3, -0.25) is 14.5 Å². The molecule has 0 atom stereocenters. The Morgan fingerprint density at radius 3 is 2.58 bits per heavy atom. The Morgan fingerprint density at radius 2 is 1.86 bits per heavy atom. The van der Waals surface area contributed by atoms with Crippen molar-refractivity contribution in [3.8, 4) is 17.6 Å². The quantitative estimate of drug-likeness (QED) is 0.213.